The van der Waals surface area contributed by atoms with Gasteiger partial charge in [-0.15, -0.1) is 0 Å². The van der Waals surface area contributed by atoms with Gasteiger partial charge in [-0.25, -0.2) is 0 Å². The van der Waals surface area contributed by atoms with E-state index in [2.05, 4.69) is 62.5 Å². The molecule has 0 aromatic rings. The molecule has 0 bridgehead atoms. The molecule has 0 aromatic carbocycles. The third-order valence-electron chi connectivity index (χ3n) is 14.0. The van der Waals surface area contributed by atoms with Crippen molar-refractivity contribution < 1.29 is 49.3 Å². The van der Waals surface area contributed by atoms with Crippen molar-refractivity contribution in [2.75, 3.05) is 13.2 Å². The van der Waals surface area contributed by atoms with Crippen molar-refractivity contribution in [2.24, 2.45) is 0 Å². The first-order valence-electron chi connectivity index (χ1n) is 29.9. The third-order valence-corrected chi connectivity index (χ3v) is 14.0. The molecule has 0 saturated carbocycles. The monoisotopic (exact) mass is 1020 g/mol. The number of hydrogen-bond acceptors (Lipinski definition) is 10. The Labute approximate surface area is 440 Å². The molecule has 0 spiro atoms. The van der Waals surface area contributed by atoms with Crippen LogP contribution in [0.25, 0.3) is 0 Å². The molecule has 72 heavy (non-hydrogen) atoms. The lowest BCUT2D eigenvalue weighted by Crippen LogP contribution is -2.61. The summed E-state index contributed by atoms with van der Waals surface area (Å²) in [4.78, 5) is 26.5. The Balaban J connectivity index is 2.73. The van der Waals surface area contributed by atoms with Gasteiger partial charge in [0.05, 0.1) is 25.4 Å². The van der Waals surface area contributed by atoms with Crippen molar-refractivity contribution in [3.8, 4) is 0 Å². The standard InChI is InChI=1S/C61H111NO10/c1-4-7-10-13-16-19-22-25-27-29-30-33-36-39-42-45-48-54(65)60(69)62-52(53(64)47-44-41-38-35-32-24-21-18-15-12-9-6-3)51-70-61-59(58(68)57(67)55(50-63)71-61)72-56(66)49-46-43-40-37-34-31-28-26-23-20-17-14-11-8-5-2/h16,19,25,27,30,33,44,47,52-55,57-59,61,63-65,67-68H,4-15,17-18,20-24,26,28-29,31-32,34-43,45-46,48-51H2,1-3H3,(H,62,69)/b19-16-,27-25-,33-30-,47-44+. The summed E-state index contributed by atoms with van der Waals surface area (Å²) in [6.07, 6.45) is 48.6. The van der Waals surface area contributed by atoms with E-state index in [0.29, 0.717) is 12.8 Å². The van der Waals surface area contributed by atoms with E-state index >= 15 is 0 Å². The van der Waals surface area contributed by atoms with E-state index in [1.807, 2.05) is 6.08 Å². The maximum Gasteiger partial charge on any atom is 0.306 e. The minimum atomic E-state index is -1.61. The van der Waals surface area contributed by atoms with Crippen molar-refractivity contribution in [2.45, 2.75) is 314 Å². The summed E-state index contributed by atoms with van der Waals surface area (Å²) in [6, 6.07) is -1.03. The van der Waals surface area contributed by atoms with E-state index in [1.165, 1.54) is 141 Å². The number of aliphatic hydroxyl groups is 5. The highest BCUT2D eigenvalue weighted by Gasteiger charge is 2.47. The smallest absolute Gasteiger partial charge is 0.306 e. The molecule has 420 valence electrons. The molecule has 0 aliphatic carbocycles. The summed E-state index contributed by atoms with van der Waals surface area (Å²) in [5.41, 5.74) is 0. The molecule has 1 rings (SSSR count). The number of aliphatic hydroxyl groups excluding tert-OH is 5. The molecular weight excluding hydrogens is 907 g/mol. The van der Waals surface area contributed by atoms with Crippen molar-refractivity contribution >= 4 is 11.9 Å². The highest BCUT2D eigenvalue weighted by molar-refractivity contribution is 5.80. The Morgan fingerprint density at radius 3 is 1.46 bits per heavy atom. The predicted molar refractivity (Wildman–Crippen MR) is 297 cm³/mol. The van der Waals surface area contributed by atoms with Crippen LogP contribution >= 0.6 is 0 Å². The summed E-state index contributed by atoms with van der Waals surface area (Å²) < 4.78 is 17.6. The highest BCUT2D eigenvalue weighted by Crippen LogP contribution is 2.26. The van der Waals surface area contributed by atoms with Crippen molar-refractivity contribution in [3.63, 3.8) is 0 Å². The number of hydrogen-bond donors (Lipinski definition) is 6. The normalized spacial score (nSPS) is 19.8. The molecule has 11 heteroatoms. The third kappa shape index (κ3) is 37.4. The van der Waals surface area contributed by atoms with Gasteiger partial charge in [-0.05, 0) is 64.2 Å². The van der Waals surface area contributed by atoms with E-state index in [0.717, 1.165) is 77.0 Å². The van der Waals surface area contributed by atoms with Gasteiger partial charge in [-0.1, -0.05) is 243 Å². The molecule has 8 unspecified atom stereocenters. The number of ether oxygens (including phenoxy) is 3. The van der Waals surface area contributed by atoms with E-state index in [1.54, 1.807) is 6.08 Å². The number of nitrogens with one attached hydrogen (secondary N) is 1. The summed E-state index contributed by atoms with van der Waals surface area (Å²) in [5, 5.41) is 56.8. The van der Waals surface area contributed by atoms with Crippen LogP contribution in [0.1, 0.15) is 265 Å². The second-order valence-corrected chi connectivity index (χ2v) is 20.7. The number of carbonyl (C=O) groups is 2. The first-order valence-corrected chi connectivity index (χ1v) is 29.9. The SMILES string of the molecule is CCCCC/C=C\C/C=C\C/C=C\CCCCCC(O)C(=O)NC(COC1OC(CO)C(O)C(O)C1OC(=O)CCCCCCCCCCCCCCCCC)C(O)/C=C/CCCCCCCCCCCC. The molecule has 11 nitrogen and oxygen atoms in total. The summed E-state index contributed by atoms with van der Waals surface area (Å²) in [5.74, 6) is -1.21. The molecule has 1 aliphatic rings. The van der Waals surface area contributed by atoms with Crippen LogP contribution in [0.3, 0.4) is 0 Å². The summed E-state index contributed by atoms with van der Waals surface area (Å²) >= 11 is 0. The van der Waals surface area contributed by atoms with Crippen molar-refractivity contribution in [1.29, 1.82) is 0 Å². The maximum absolute atomic E-state index is 13.4. The van der Waals surface area contributed by atoms with Gasteiger partial charge < -0.3 is 45.1 Å². The first kappa shape index (κ1) is 67.6. The zero-order chi connectivity index (χ0) is 52.5. The van der Waals surface area contributed by atoms with E-state index in [4.69, 9.17) is 14.2 Å². The lowest BCUT2D eigenvalue weighted by Gasteiger charge is -2.41. The van der Waals surface area contributed by atoms with Gasteiger partial charge in [0.1, 0.15) is 24.4 Å². The molecule has 8 atom stereocenters. The average Bonchev–Trinajstić information content (AvgIpc) is 3.38. The fourth-order valence-electron chi connectivity index (χ4n) is 9.19. The minimum Gasteiger partial charge on any atom is -0.454 e. The first-order chi connectivity index (χ1) is 35.2. The Kier molecular flexibility index (Phi) is 46.5. The van der Waals surface area contributed by atoms with Crippen molar-refractivity contribution in [1.82, 2.24) is 5.32 Å². The molecular formula is C61H111NO10. The number of rotatable bonds is 50. The fraction of sp³-hybridized carbons (Fsp3) is 0.836. The minimum absolute atomic E-state index is 0.124. The maximum atomic E-state index is 13.4. The molecule has 1 fully saturated rings. The van der Waals surface area contributed by atoms with Gasteiger partial charge in [-0.2, -0.15) is 0 Å². The lowest BCUT2D eigenvalue weighted by atomic mass is 9.99. The van der Waals surface area contributed by atoms with Gasteiger partial charge in [-0.3, -0.25) is 9.59 Å². The van der Waals surface area contributed by atoms with E-state index < -0.39 is 67.4 Å². The van der Waals surface area contributed by atoms with Crippen LogP contribution in [-0.4, -0.2) is 99.6 Å². The van der Waals surface area contributed by atoms with Gasteiger partial charge in [0, 0.05) is 6.42 Å². The van der Waals surface area contributed by atoms with E-state index in [9.17, 15) is 35.1 Å². The van der Waals surface area contributed by atoms with Crippen LogP contribution in [0.2, 0.25) is 0 Å². The zero-order valence-electron chi connectivity index (χ0n) is 46.3. The predicted octanol–water partition coefficient (Wildman–Crippen LogP) is 13.7. The van der Waals surface area contributed by atoms with E-state index in [-0.39, 0.29) is 19.4 Å². The zero-order valence-corrected chi connectivity index (χ0v) is 46.3. The number of unbranched alkanes of at least 4 members (excludes halogenated alkanes) is 30. The van der Waals surface area contributed by atoms with Crippen LogP contribution in [0.15, 0.2) is 48.6 Å². The highest BCUT2D eigenvalue weighted by atomic mass is 16.7. The molecule has 6 N–H and O–H groups in total. The quantitative estimate of drug-likeness (QED) is 0.0195. The van der Waals surface area contributed by atoms with Gasteiger partial charge in [0.2, 0.25) is 5.91 Å². The number of amides is 1. The van der Waals surface area contributed by atoms with Crippen LogP contribution in [-0.2, 0) is 23.8 Å². The lowest BCUT2D eigenvalue weighted by molar-refractivity contribution is -0.305. The van der Waals surface area contributed by atoms with Crippen LogP contribution in [0.4, 0.5) is 0 Å². The largest absolute Gasteiger partial charge is 0.454 e. The molecule has 1 heterocycles. The van der Waals surface area contributed by atoms with Crippen molar-refractivity contribution in [3.05, 3.63) is 48.6 Å². The number of allylic oxidation sites excluding steroid dienone is 7. The molecule has 0 aromatic heterocycles. The van der Waals surface area contributed by atoms with Gasteiger partial charge in [0.15, 0.2) is 12.4 Å². The second-order valence-electron chi connectivity index (χ2n) is 20.7. The Bertz CT molecular complexity index is 1350. The van der Waals surface area contributed by atoms with Gasteiger partial charge >= 0.3 is 5.97 Å². The fourth-order valence-corrected chi connectivity index (χ4v) is 9.19. The molecule has 1 aliphatic heterocycles. The number of esters is 1. The van der Waals surface area contributed by atoms with Crippen LogP contribution < -0.4 is 5.32 Å². The van der Waals surface area contributed by atoms with Gasteiger partial charge in [0.25, 0.3) is 0 Å². The molecule has 1 amide bonds. The summed E-state index contributed by atoms with van der Waals surface area (Å²) in [7, 11) is 0. The number of carbonyl (C=O) groups excluding carboxylic acids is 2. The van der Waals surface area contributed by atoms with Crippen LogP contribution in [0, 0.1) is 0 Å². The van der Waals surface area contributed by atoms with Crippen LogP contribution in [0.5, 0.6) is 0 Å². The Morgan fingerprint density at radius 2 is 0.958 bits per heavy atom. The Hall–Kier alpha value is -2.38. The second kappa shape index (κ2) is 49.5. The Morgan fingerprint density at radius 1 is 0.542 bits per heavy atom. The topological polar surface area (TPSA) is 175 Å². The summed E-state index contributed by atoms with van der Waals surface area (Å²) in [6.45, 7) is 5.75. The molecule has 1 saturated heterocycles. The molecule has 0 radical (unpaired) electrons. The average molecular weight is 1020 g/mol.